The Balaban J connectivity index is 2.07. The molecule has 0 radical (unpaired) electrons. The lowest BCUT2D eigenvalue weighted by Gasteiger charge is -2.23. The summed E-state index contributed by atoms with van der Waals surface area (Å²) >= 11 is 0. The summed E-state index contributed by atoms with van der Waals surface area (Å²) in [6.07, 6.45) is -1.33. The van der Waals surface area contributed by atoms with Gasteiger partial charge in [-0.2, -0.15) is 0 Å². The van der Waals surface area contributed by atoms with Gasteiger partial charge in [-0.05, 0) is 13.0 Å². The van der Waals surface area contributed by atoms with Crippen molar-refractivity contribution in [3.8, 4) is 11.5 Å². The SMILES string of the molecule is CCOc1cccc2c1OC1(CC(=O)N(C)C1=O)C2O. The zero-order chi connectivity index (χ0) is 14.5. The number of hydrogen-bond donors (Lipinski definition) is 1. The molecule has 6 heteroatoms. The van der Waals surface area contributed by atoms with E-state index < -0.39 is 17.6 Å². The van der Waals surface area contributed by atoms with Crippen molar-refractivity contribution in [1.82, 2.24) is 4.90 Å². The number of benzene rings is 1. The first-order valence-corrected chi connectivity index (χ1v) is 6.45. The maximum Gasteiger partial charge on any atom is 0.276 e. The Bertz CT molecular complexity index is 599. The first-order chi connectivity index (χ1) is 9.51. The summed E-state index contributed by atoms with van der Waals surface area (Å²) in [5.41, 5.74) is -1.06. The van der Waals surface area contributed by atoms with Crippen molar-refractivity contribution >= 4 is 11.8 Å². The molecule has 1 spiro atoms. The molecule has 2 aliphatic rings. The average Bonchev–Trinajstić information content (AvgIpc) is 2.83. The summed E-state index contributed by atoms with van der Waals surface area (Å²) in [6, 6.07) is 5.10. The standard InChI is InChI=1S/C14H15NO5/c1-3-19-9-6-4-5-8-11(9)20-14(12(8)17)7-10(16)15(2)13(14)18/h4-6,12,17H,3,7H2,1-2H3. The van der Waals surface area contributed by atoms with Crippen molar-refractivity contribution in [2.24, 2.45) is 0 Å². The molecule has 1 aromatic carbocycles. The van der Waals surface area contributed by atoms with Gasteiger partial charge in [-0.1, -0.05) is 12.1 Å². The van der Waals surface area contributed by atoms with Crippen LogP contribution in [0.3, 0.4) is 0 Å². The van der Waals surface area contributed by atoms with E-state index in [0.717, 1.165) is 4.90 Å². The molecule has 0 bridgehead atoms. The van der Waals surface area contributed by atoms with Crippen LogP contribution in [-0.2, 0) is 9.59 Å². The second kappa shape index (κ2) is 4.21. The molecular formula is C14H15NO5. The number of nitrogens with zero attached hydrogens (tertiary/aromatic N) is 1. The molecule has 0 aliphatic carbocycles. The quantitative estimate of drug-likeness (QED) is 0.803. The molecule has 0 aromatic heterocycles. The van der Waals surface area contributed by atoms with Crippen molar-refractivity contribution in [3.63, 3.8) is 0 Å². The molecule has 20 heavy (non-hydrogen) atoms. The number of fused-ring (bicyclic) bond motifs is 1. The fraction of sp³-hybridized carbons (Fsp3) is 0.429. The summed E-state index contributed by atoms with van der Waals surface area (Å²) in [7, 11) is 1.39. The number of amides is 2. The molecule has 2 atom stereocenters. The predicted molar refractivity (Wildman–Crippen MR) is 68.3 cm³/mol. The second-order valence-corrected chi connectivity index (χ2v) is 4.94. The minimum Gasteiger partial charge on any atom is -0.490 e. The van der Waals surface area contributed by atoms with E-state index in [9.17, 15) is 14.7 Å². The van der Waals surface area contributed by atoms with Gasteiger partial charge in [-0.15, -0.1) is 0 Å². The second-order valence-electron chi connectivity index (χ2n) is 4.94. The summed E-state index contributed by atoms with van der Waals surface area (Å²) in [5, 5.41) is 10.4. The van der Waals surface area contributed by atoms with E-state index in [-0.39, 0.29) is 12.3 Å². The highest BCUT2D eigenvalue weighted by atomic mass is 16.6. The Morgan fingerprint density at radius 3 is 2.85 bits per heavy atom. The summed E-state index contributed by atoms with van der Waals surface area (Å²) in [4.78, 5) is 25.0. The molecule has 2 heterocycles. The fourth-order valence-electron chi connectivity index (χ4n) is 2.73. The summed E-state index contributed by atoms with van der Waals surface area (Å²) < 4.78 is 11.2. The Morgan fingerprint density at radius 2 is 2.25 bits per heavy atom. The van der Waals surface area contributed by atoms with Crippen LogP contribution < -0.4 is 9.47 Å². The molecule has 6 nitrogen and oxygen atoms in total. The minimum absolute atomic E-state index is 0.163. The highest BCUT2D eigenvalue weighted by Gasteiger charge is 2.62. The van der Waals surface area contributed by atoms with Crippen molar-refractivity contribution in [1.29, 1.82) is 0 Å². The molecule has 1 saturated heterocycles. The number of likely N-dealkylation sites (tertiary alicyclic amines) is 1. The number of imide groups is 1. The molecule has 106 valence electrons. The van der Waals surface area contributed by atoms with Gasteiger partial charge >= 0.3 is 0 Å². The largest absolute Gasteiger partial charge is 0.490 e. The van der Waals surface area contributed by atoms with Gasteiger partial charge < -0.3 is 14.6 Å². The van der Waals surface area contributed by atoms with E-state index in [2.05, 4.69) is 0 Å². The number of likely N-dealkylation sites (N-methyl/N-ethyl adjacent to an activating group) is 1. The van der Waals surface area contributed by atoms with Crippen molar-refractivity contribution in [2.45, 2.75) is 25.0 Å². The van der Waals surface area contributed by atoms with Gasteiger partial charge in [0.15, 0.2) is 11.5 Å². The first-order valence-electron chi connectivity index (χ1n) is 6.45. The molecule has 1 fully saturated rings. The third-order valence-electron chi connectivity index (χ3n) is 3.78. The Labute approximate surface area is 115 Å². The van der Waals surface area contributed by atoms with Gasteiger partial charge in [-0.3, -0.25) is 14.5 Å². The summed E-state index contributed by atoms with van der Waals surface area (Å²) in [6.45, 7) is 2.27. The molecule has 1 N–H and O–H groups in total. The Morgan fingerprint density at radius 1 is 1.50 bits per heavy atom. The highest BCUT2D eigenvalue weighted by Crippen LogP contribution is 2.51. The average molecular weight is 277 g/mol. The van der Waals surface area contributed by atoms with E-state index in [1.165, 1.54) is 7.05 Å². The number of aliphatic hydroxyl groups is 1. The lowest BCUT2D eigenvalue weighted by molar-refractivity contribution is -0.147. The zero-order valence-electron chi connectivity index (χ0n) is 11.3. The number of para-hydroxylation sites is 1. The lowest BCUT2D eigenvalue weighted by atomic mass is 9.92. The van der Waals surface area contributed by atoms with Gasteiger partial charge in [0.1, 0.15) is 6.10 Å². The van der Waals surface area contributed by atoms with E-state index >= 15 is 0 Å². The Hall–Kier alpha value is -2.08. The monoisotopic (exact) mass is 277 g/mol. The van der Waals surface area contributed by atoms with Crippen LogP contribution in [0.4, 0.5) is 0 Å². The maximum absolute atomic E-state index is 12.3. The van der Waals surface area contributed by atoms with Crippen LogP contribution >= 0.6 is 0 Å². The Kier molecular flexibility index (Phi) is 2.72. The third kappa shape index (κ3) is 1.48. The van der Waals surface area contributed by atoms with Gasteiger partial charge in [0.2, 0.25) is 11.5 Å². The molecule has 2 unspecified atom stereocenters. The van der Waals surface area contributed by atoms with E-state index in [1.54, 1.807) is 18.2 Å². The molecular weight excluding hydrogens is 262 g/mol. The number of rotatable bonds is 2. The van der Waals surface area contributed by atoms with Crippen LogP contribution in [0.5, 0.6) is 11.5 Å². The minimum atomic E-state index is -1.54. The van der Waals surface area contributed by atoms with Crippen LogP contribution in [-0.4, -0.2) is 41.1 Å². The molecule has 3 rings (SSSR count). The van der Waals surface area contributed by atoms with Gasteiger partial charge in [0.25, 0.3) is 5.91 Å². The summed E-state index contributed by atoms with van der Waals surface area (Å²) in [5.74, 6) is -0.0671. The molecule has 1 aromatic rings. The normalized spacial score (nSPS) is 27.9. The van der Waals surface area contributed by atoms with Crippen LogP contribution in [0.1, 0.15) is 25.0 Å². The van der Waals surface area contributed by atoms with Crippen molar-refractivity contribution in [2.75, 3.05) is 13.7 Å². The zero-order valence-corrected chi connectivity index (χ0v) is 11.3. The van der Waals surface area contributed by atoms with Crippen LogP contribution in [0.2, 0.25) is 0 Å². The van der Waals surface area contributed by atoms with Crippen molar-refractivity contribution < 1.29 is 24.2 Å². The van der Waals surface area contributed by atoms with E-state index in [4.69, 9.17) is 9.47 Å². The van der Waals surface area contributed by atoms with Crippen LogP contribution in [0.25, 0.3) is 0 Å². The van der Waals surface area contributed by atoms with E-state index in [1.807, 2.05) is 6.92 Å². The number of carbonyl (C=O) groups is 2. The van der Waals surface area contributed by atoms with Crippen LogP contribution in [0.15, 0.2) is 18.2 Å². The van der Waals surface area contributed by atoms with E-state index in [0.29, 0.717) is 23.7 Å². The number of carbonyl (C=O) groups excluding carboxylic acids is 2. The molecule has 2 aliphatic heterocycles. The molecule has 2 amide bonds. The van der Waals surface area contributed by atoms with Gasteiger partial charge in [0, 0.05) is 12.6 Å². The number of ether oxygens (including phenoxy) is 2. The van der Waals surface area contributed by atoms with Gasteiger partial charge in [-0.25, -0.2) is 0 Å². The fourth-order valence-corrected chi connectivity index (χ4v) is 2.73. The molecule has 0 saturated carbocycles. The maximum atomic E-state index is 12.3. The topological polar surface area (TPSA) is 76.1 Å². The van der Waals surface area contributed by atoms with Crippen LogP contribution in [0, 0.1) is 0 Å². The third-order valence-corrected chi connectivity index (χ3v) is 3.78. The first kappa shape index (κ1) is 12.9. The predicted octanol–water partition coefficient (Wildman–Crippen LogP) is 0.639. The van der Waals surface area contributed by atoms with Crippen molar-refractivity contribution in [3.05, 3.63) is 23.8 Å². The smallest absolute Gasteiger partial charge is 0.276 e. The number of aliphatic hydroxyl groups excluding tert-OH is 1. The highest BCUT2D eigenvalue weighted by molar-refractivity contribution is 6.08. The lowest BCUT2D eigenvalue weighted by Crippen LogP contribution is -2.45. The number of hydrogen-bond acceptors (Lipinski definition) is 5. The van der Waals surface area contributed by atoms with Gasteiger partial charge in [0.05, 0.1) is 13.0 Å².